The summed E-state index contributed by atoms with van der Waals surface area (Å²) < 4.78 is 43.9. The Balaban J connectivity index is 2.39. The Kier molecular flexibility index (Phi) is 7.06. The third kappa shape index (κ3) is 5.82. The highest BCUT2D eigenvalue weighted by Gasteiger charge is 2.31. The molecule has 0 N–H and O–H groups in total. The molecule has 0 fully saturated rings. The van der Waals surface area contributed by atoms with Crippen LogP contribution in [0.3, 0.4) is 0 Å². The fourth-order valence-corrected chi connectivity index (χ4v) is 3.35. The molecule has 0 atom stereocenters. The maximum absolute atomic E-state index is 13.0. The van der Waals surface area contributed by atoms with E-state index in [1.165, 1.54) is 17.0 Å². The third-order valence-electron chi connectivity index (χ3n) is 4.41. The van der Waals surface area contributed by atoms with Crippen molar-refractivity contribution in [2.75, 3.05) is 18.1 Å². The second kappa shape index (κ2) is 9.11. The molecule has 0 aliphatic heterocycles. The number of aryl methyl sites for hydroxylation is 3. The van der Waals surface area contributed by atoms with Crippen LogP contribution in [0, 0.1) is 20.8 Å². The fourth-order valence-electron chi connectivity index (χ4n) is 3.35. The second-order valence-corrected chi connectivity index (χ2v) is 6.91. The molecule has 0 aliphatic rings. The van der Waals surface area contributed by atoms with Crippen molar-refractivity contribution in [2.24, 2.45) is 0 Å². The molecular weight excluding hydrogens is 383 g/mol. The van der Waals surface area contributed by atoms with Crippen LogP contribution in [0.4, 0.5) is 18.9 Å². The molecule has 0 saturated heterocycles. The molecule has 29 heavy (non-hydrogen) atoms. The minimum atomic E-state index is -4.49. The molecule has 4 nitrogen and oxygen atoms in total. The zero-order chi connectivity index (χ0) is 21.8. The van der Waals surface area contributed by atoms with Crippen LogP contribution < -0.4 is 4.90 Å². The van der Waals surface area contributed by atoms with E-state index in [-0.39, 0.29) is 25.1 Å². The van der Waals surface area contributed by atoms with E-state index < -0.39 is 23.6 Å². The minimum absolute atomic E-state index is 0.167. The van der Waals surface area contributed by atoms with Crippen molar-refractivity contribution in [1.29, 1.82) is 0 Å². The summed E-state index contributed by atoms with van der Waals surface area (Å²) in [5.41, 5.74) is 2.57. The van der Waals surface area contributed by atoms with Gasteiger partial charge in [-0.2, -0.15) is 13.2 Å². The first-order valence-electron chi connectivity index (χ1n) is 9.23. The molecule has 0 heterocycles. The maximum atomic E-state index is 13.0. The van der Waals surface area contributed by atoms with Crippen LogP contribution in [-0.4, -0.2) is 25.0 Å². The predicted octanol–water partition coefficient (Wildman–Crippen LogP) is 4.77. The van der Waals surface area contributed by atoms with Gasteiger partial charge in [0.1, 0.15) is 6.54 Å². The molecule has 0 unspecified atom stereocenters. The molecule has 0 radical (unpaired) electrons. The number of hydrogen-bond donors (Lipinski definition) is 0. The summed E-state index contributed by atoms with van der Waals surface area (Å²) in [6.45, 7) is 7.09. The number of carbonyl (C=O) groups is 2. The number of rotatable bonds is 6. The number of benzene rings is 2. The summed E-state index contributed by atoms with van der Waals surface area (Å²) in [6.07, 6.45) is -4.76. The lowest BCUT2D eigenvalue weighted by Crippen LogP contribution is -2.38. The lowest BCUT2D eigenvalue weighted by atomic mass is 10.0. The average molecular weight is 407 g/mol. The summed E-state index contributed by atoms with van der Waals surface area (Å²) in [6, 6.07) is 8.41. The summed E-state index contributed by atoms with van der Waals surface area (Å²) in [4.78, 5) is 26.4. The van der Waals surface area contributed by atoms with E-state index in [0.29, 0.717) is 5.69 Å². The number of hydrogen-bond acceptors (Lipinski definition) is 3. The minimum Gasteiger partial charge on any atom is -0.465 e. The zero-order valence-electron chi connectivity index (χ0n) is 16.9. The molecule has 0 aromatic heterocycles. The molecule has 2 aromatic rings. The quantitative estimate of drug-likeness (QED) is 0.648. The van der Waals surface area contributed by atoms with E-state index in [0.717, 1.165) is 28.8 Å². The van der Waals surface area contributed by atoms with E-state index in [1.807, 2.05) is 32.9 Å². The highest BCUT2D eigenvalue weighted by Crippen LogP contribution is 2.30. The molecule has 2 rings (SSSR count). The Morgan fingerprint density at radius 3 is 2.21 bits per heavy atom. The van der Waals surface area contributed by atoms with Gasteiger partial charge in [-0.3, -0.25) is 9.59 Å². The first-order valence-corrected chi connectivity index (χ1v) is 9.23. The van der Waals surface area contributed by atoms with Gasteiger partial charge in [-0.1, -0.05) is 35.9 Å². The number of nitrogens with zero attached hydrogens (tertiary/aromatic N) is 1. The van der Waals surface area contributed by atoms with Crippen molar-refractivity contribution < 1.29 is 27.5 Å². The van der Waals surface area contributed by atoms with E-state index in [9.17, 15) is 22.8 Å². The maximum Gasteiger partial charge on any atom is 0.416 e. The molecule has 156 valence electrons. The first-order chi connectivity index (χ1) is 13.5. The summed E-state index contributed by atoms with van der Waals surface area (Å²) in [7, 11) is 0. The fraction of sp³-hybridized carbons (Fsp3) is 0.364. The Morgan fingerprint density at radius 2 is 1.66 bits per heavy atom. The van der Waals surface area contributed by atoms with E-state index >= 15 is 0 Å². The van der Waals surface area contributed by atoms with Crippen LogP contribution in [-0.2, 0) is 26.9 Å². The van der Waals surface area contributed by atoms with Crippen LogP contribution in [0.5, 0.6) is 0 Å². The van der Waals surface area contributed by atoms with E-state index in [2.05, 4.69) is 0 Å². The van der Waals surface area contributed by atoms with Gasteiger partial charge in [-0.25, -0.2) is 0 Å². The van der Waals surface area contributed by atoms with Gasteiger partial charge in [-0.15, -0.1) is 0 Å². The zero-order valence-corrected chi connectivity index (χ0v) is 16.9. The van der Waals surface area contributed by atoms with Crippen LogP contribution in [0.2, 0.25) is 0 Å². The predicted molar refractivity (Wildman–Crippen MR) is 105 cm³/mol. The lowest BCUT2D eigenvalue weighted by molar-refractivity contribution is -0.142. The highest BCUT2D eigenvalue weighted by molar-refractivity contribution is 6.00. The average Bonchev–Trinajstić information content (AvgIpc) is 2.59. The standard InChI is InChI=1S/C22H24F3NO3/c1-5-29-20(28)13-26(21-15(3)9-14(2)10-16(21)4)19(27)12-17-7-6-8-18(11-17)22(23,24)25/h6-11H,5,12-13H2,1-4H3. The number of esters is 1. The van der Waals surface area contributed by atoms with Gasteiger partial charge < -0.3 is 9.64 Å². The Hall–Kier alpha value is -2.83. The molecule has 7 heteroatoms. The van der Waals surface area contributed by atoms with Gasteiger partial charge in [-0.05, 0) is 50.5 Å². The highest BCUT2D eigenvalue weighted by atomic mass is 19.4. The molecule has 0 aliphatic carbocycles. The second-order valence-electron chi connectivity index (χ2n) is 6.91. The van der Waals surface area contributed by atoms with Crippen molar-refractivity contribution in [2.45, 2.75) is 40.3 Å². The van der Waals surface area contributed by atoms with Gasteiger partial charge in [0.05, 0.1) is 24.3 Å². The van der Waals surface area contributed by atoms with Crippen LogP contribution in [0.25, 0.3) is 0 Å². The van der Waals surface area contributed by atoms with Gasteiger partial charge >= 0.3 is 12.1 Å². The van der Waals surface area contributed by atoms with E-state index in [4.69, 9.17) is 4.74 Å². The van der Waals surface area contributed by atoms with Crippen molar-refractivity contribution in [3.8, 4) is 0 Å². The van der Waals surface area contributed by atoms with Crippen LogP contribution >= 0.6 is 0 Å². The van der Waals surface area contributed by atoms with Gasteiger partial charge in [0.2, 0.25) is 5.91 Å². The number of ether oxygens (including phenoxy) is 1. The molecule has 0 saturated carbocycles. The molecule has 1 amide bonds. The summed E-state index contributed by atoms with van der Waals surface area (Å²) in [5, 5.41) is 0. The number of amides is 1. The Labute approximate surface area is 168 Å². The monoisotopic (exact) mass is 407 g/mol. The molecule has 2 aromatic carbocycles. The van der Waals surface area contributed by atoms with E-state index in [1.54, 1.807) is 6.92 Å². The number of carbonyl (C=O) groups excluding carboxylic acids is 2. The van der Waals surface area contributed by atoms with Gasteiger partial charge in [0, 0.05) is 0 Å². The van der Waals surface area contributed by atoms with Crippen molar-refractivity contribution in [3.05, 3.63) is 64.2 Å². The Bertz CT molecular complexity index is 883. The smallest absolute Gasteiger partial charge is 0.416 e. The lowest BCUT2D eigenvalue weighted by Gasteiger charge is -2.26. The van der Waals surface area contributed by atoms with Gasteiger partial charge in [0.25, 0.3) is 0 Å². The van der Waals surface area contributed by atoms with Crippen molar-refractivity contribution in [3.63, 3.8) is 0 Å². The SMILES string of the molecule is CCOC(=O)CN(C(=O)Cc1cccc(C(F)(F)F)c1)c1c(C)cc(C)cc1C. The number of halogens is 3. The van der Waals surface area contributed by atoms with Crippen molar-refractivity contribution in [1.82, 2.24) is 0 Å². The largest absolute Gasteiger partial charge is 0.465 e. The third-order valence-corrected chi connectivity index (χ3v) is 4.41. The molecule has 0 spiro atoms. The number of anilines is 1. The van der Waals surface area contributed by atoms with Crippen LogP contribution in [0.1, 0.15) is 34.7 Å². The normalized spacial score (nSPS) is 11.3. The van der Waals surface area contributed by atoms with Gasteiger partial charge in [0.15, 0.2) is 0 Å². The van der Waals surface area contributed by atoms with Crippen LogP contribution in [0.15, 0.2) is 36.4 Å². The summed E-state index contributed by atoms with van der Waals surface area (Å²) in [5.74, 6) is -1.06. The first kappa shape index (κ1) is 22.5. The topological polar surface area (TPSA) is 46.6 Å². The number of alkyl halides is 3. The molecular formula is C22H24F3NO3. The summed E-state index contributed by atoms with van der Waals surface area (Å²) >= 11 is 0. The van der Waals surface area contributed by atoms with Crippen molar-refractivity contribution >= 4 is 17.6 Å². The Morgan fingerprint density at radius 1 is 1.03 bits per heavy atom. The molecule has 0 bridgehead atoms.